The van der Waals surface area contributed by atoms with E-state index in [0.717, 1.165) is 5.56 Å². The number of benzene rings is 3. The van der Waals surface area contributed by atoms with Gasteiger partial charge in [0.1, 0.15) is 12.4 Å². The molecule has 0 saturated carbocycles. The fraction of sp³-hybridized carbons (Fsp3) is 0.174. The van der Waals surface area contributed by atoms with E-state index in [9.17, 15) is 8.42 Å². The quantitative estimate of drug-likeness (QED) is 0.342. The van der Waals surface area contributed by atoms with Crippen LogP contribution in [0.2, 0.25) is 5.02 Å². The van der Waals surface area contributed by atoms with Crippen LogP contribution in [-0.2, 0) is 16.6 Å². The number of rotatable bonds is 10. The van der Waals surface area contributed by atoms with Crippen molar-refractivity contribution in [2.24, 2.45) is 5.10 Å². The number of nitrogens with zero attached hydrogens (tertiary/aromatic N) is 1. The van der Waals surface area contributed by atoms with Gasteiger partial charge in [-0.3, -0.25) is 0 Å². The Kier molecular flexibility index (Phi) is 7.97. The summed E-state index contributed by atoms with van der Waals surface area (Å²) in [7, 11) is -2.28. The lowest BCUT2D eigenvalue weighted by Crippen LogP contribution is -2.18. The number of ether oxygens (including phenoxy) is 3. The van der Waals surface area contributed by atoms with Gasteiger partial charge in [0.15, 0.2) is 11.5 Å². The molecule has 3 rings (SSSR count). The molecule has 168 valence electrons. The van der Waals surface area contributed by atoms with Gasteiger partial charge in [-0.05, 0) is 61.0 Å². The van der Waals surface area contributed by atoms with E-state index in [0.29, 0.717) is 34.4 Å². The maximum atomic E-state index is 12.4. The van der Waals surface area contributed by atoms with Crippen molar-refractivity contribution in [3.63, 3.8) is 0 Å². The first-order chi connectivity index (χ1) is 15.4. The molecule has 1 N–H and O–H groups in total. The summed E-state index contributed by atoms with van der Waals surface area (Å²) in [5.41, 5.74) is 1.48. The number of sulfonamides is 1. The maximum Gasteiger partial charge on any atom is 0.276 e. The molecule has 0 aromatic heterocycles. The summed E-state index contributed by atoms with van der Waals surface area (Å²) in [5, 5.41) is 4.47. The van der Waals surface area contributed by atoms with Crippen molar-refractivity contribution in [2.45, 2.75) is 18.4 Å². The molecule has 0 spiro atoms. The van der Waals surface area contributed by atoms with Crippen LogP contribution >= 0.6 is 11.6 Å². The van der Waals surface area contributed by atoms with Crippen LogP contribution in [0.1, 0.15) is 18.1 Å². The highest BCUT2D eigenvalue weighted by Crippen LogP contribution is 2.29. The summed E-state index contributed by atoms with van der Waals surface area (Å²) >= 11 is 6.16. The van der Waals surface area contributed by atoms with Crippen molar-refractivity contribution in [3.05, 3.63) is 82.9 Å². The topological polar surface area (TPSA) is 86.2 Å². The van der Waals surface area contributed by atoms with Crippen LogP contribution in [0.5, 0.6) is 17.2 Å². The van der Waals surface area contributed by atoms with E-state index in [1.54, 1.807) is 36.4 Å². The van der Waals surface area contributed by atoms with Crippen molar-refractivity contribution in [1.82, 2.24) is 4.83 Å². The molecule has 0 bridgehead atoms. The Balaban J connectivity index is 1.65. The normalized spacial score (nSPS) is 11.3. The van der Waals surface area contributed by atoms with Gasteiger partial charge in [0.25, 0.3) is 10.0 Å². The molecular weight excluding hydrogens is 452 g/mol. The fourth-order valence-corrected chi connectivity index (χ4v) is 3.74. The minimum Gasteiger partial charge on any atom is -0.494 e. The van der Waals surface area contributed by atoms with Crippen LogP contribution in [0.3, 0.4) is 0 Å². The molecule has 0 unspecified atom stereocenters. The Morgan fingerprint density at radius 2 is 1.75 bits per heavy atom. The third-order valence-corrected chi connectivity index (χ3v) is 5.97. The van der Waals surface area contributed by atoms with Crippen LogP contribution < -0.4 is 19.0 Å². The molecular formula is C23H23ClN2O5S. The van der Waals surface area contributed by atoms with Gasteiger partial charge in [0, 0.05) is 10.6 Å². The smallest absolute Gasteiger partial charge is 0.276 e. The fourth-order valence-electron chi connectivity index (χ4n) is 2.76. The highest BCUT2D eigenvalue weighted by molar-refractivity contribution is 7.89. The maximum absolute atomic E-state index is 12.4. The van der Waals surface area contributed by atoms with Crippen LogP contribution in [0, 0.1) is 0 Å². The average molecular weight is 475 g/mol. The van der Waals surface area contributed by atoms with E-state index in [2.05, 4.69) is 9.93 Å². The van der Waals surface area contributed by atoms with Gasteiger partial charge in [-0.15, -0.1) is 0 Å². The number of methoxy groups -OCH3 is 1. The summed E-state index contributed by atoms with van der Waals surface area (Å²) in [6, 6.07) is 18.7. The van der Waals surface area contributed by atoms with Gasteiger partial charge in [-0.2, -0.15) is 13.5 Å². The van der Waals surface area contributed by atoms with Gasteiger partial charge < -0.3 is 14.2 Å². The predicted octanol–water partition coefficient (Wildman–Crippen LogP) is 4.64. The van der Waals surface area contributed by atoms with E-state index in [1.807, 2.05) is 25.1 Å². The van der Waals surface area contributed by atoms with Gasteiger partial charge in [0.2, 0.25) is 0 Å². The summed E-state index contributed by atoms with van der Waals surface area (Å²) < 4.78 is 41.3. The zero-order valence-corrected chi connectivity index (χ0v) is 19.2. The van der Waals surface area contributed by atoms with Crippen molar-refractivity contribution < 1.29 is 22.6 Å². The van der Waals surface area contributed by atoms with Crippen molar-refractivity contribution >= 4 is 27.8 Å². The van der Waals surface area contributed by atoms with Crippen LogP contribution in [0.25, 0.3) is 0 Å². The summed E-state index contributed by atoms with van der Waals surface area (Å²) in [5.74, 6) is 1.61. The molecule has 3 aromatic carbocycles. The standard InChI is InChI=1S/C23H23ClN2O5S/c1-3-30-19-9-11-20(12-10-19)32(27,28)26-25-15-17-8-13-22(23(14-17)29-2)31-16-18-6-4-5-7-21(18)24/h4-15,26H,3,16H2,1-2H3. The molecule has 0 aliphatic carbocycles. The minimum atomic E-state index is -3.80. The molecule has 3 aromatic rings. The summed E-state index contributed by atoms with van der Waals surface area (Å²) in [6.07, 6.45) is 1.38. The molecule has 0 heterocycles. The van der Waals surface area contributed by atoms with Crippen molar-refractivity contribution in [2.75, 3.05) is 13.7 Å². The molecule has 0 radical (unpaired) electrons. The van der Waals surface area contributed by atoms with E-state index >= 15 is 0 Å². The van der Waals surface area contributed by atoms with E-state index < -0.39 is 10.0 Å². The first kappa shape index (κ1) is 23.4. The molecule has 0 amide bonds. The Morgan fingerprint density at radius 1 is 1.00 bits per heavy atom. The summed E-state index contributed by atoms with van der Waals surface area (Å²) in [4.78, 5) is 2.28. The Morgan fingerprint density at radius 3 is 2.44 bits per heavy atom. The molecule has 0 atom stereocenters. The predicted molar refractivity (Wildman–Crippen MR) is 124 cm³/mol. The highest BCUT2D eigenvalue weighted by atomic mass is 35.5. The molecule has 9 heteroatoms. The number of hydrazone groups is 1. The van der Waals surface area contributed by atoms with Gasteiger partial charge in [-0.25, -0.2) is 4.83 Å². The van der Waals surface area contributed by atoms with E-state index in [-0.39, 0.29) is 11.5 Å². The lowest BCUT2D eigenvalue weighted by Gasteiger charge is -2.12. The Hall–Kier alpha value is -3.23. The second-order valence-corrected chi connectivity index (χ2v) is 8.62. The zero-order valence-electron chi connectivity index (χ0n) is 17.6. The third-order valence-electron chi connectivity index (χ3n) is 4.36. The molecule has 0 saturated heterocycles. The molecule has 7 nitrogen and oxygen atoms in total. The first-order valence-corrected chi connectivity index (χ1v) is 11.6. The number of halogens is 1. The Labute approximate surface area is 192 Å². The monoisotopic (exact) mass is 474 g/mol. The average Bonchev–Trinajstić information content (AvgIpc) is 2.79. The molecule has 0 aliphatic rings. The summed E-state index contributed by atoms with van der Waals surface area (Å²) in [6.45, 7) is 2.64. The van der Waals surface area contributed by atoms with Crippen LogP contribution in [0.15, 0.2) is 76.7 Å². The first-order valence-electron chi connectivity index (χ1n) is 9.75. The van der Waals surface area contributed by atoms with Gasteiger partial charge in [0.05, 0.1) is 24.8 Å². The molecule has 32 heavy (non-hydrogen) atoms. The lowest BCUT2D eigenvalue weighted by atomic mass is 10.2. The van der Waals surface area contributed by atoms with Gasteiger partial charge >= 0.3 is 0 Å². The largest absolute Gasteiger partial charge is 0.494 e. The van der Waals surface area contributed by atoms with E-state index in [4.69, 9.17) is 25.8 Å². The van der Waals surface area contributed by atoms with E-state index in [1.165, 1.54) is 25.5 Å². The second-order valence-electron chi connectivity index (χ2n) is 6.55. The Bertz CT molecular complexity index is 1180. The van der Waals surface area contributed by atoms with Crippen LogP contribution in [-0.4, -0.2) is 28.3 Å². The zero-order chi connectivity index (χ0) is 23.0. The number of hydrogen-bond donors (Lipinski definition) is 1. The second kappa shape index (κ2) is 10.9. The van der Waals surface area contributed by atoms with Crippen molar-refractivity contribution in [1.29, 1.82) is 0 Å². The molecule has 0 fully saturated rings. The highest BCUT2D eigenvalue weighted by Gasteiger charge is 2.13. The van der Waals surface area contributed by atoms with Crippen molar-refractivity contribution in [3.8, 4) is 17.2 Å². The number of nitrogens with one attached hydrogen (secondary N) is 1. The lowest BCUT2D eigenvalue weighted by molar-refractivity contribution is 0.284. The van der Waals surface area contributed by atoms with Gasteiger partial charge in [-0.1, -0.05) is 29.8 Å². The third kappa shape index (κ3) is 6.15. The number of hydrogen-bond acceptors (Lipinski definition) is 6. The SMILES string of the molecule is CCOc1ccc(S(=O)(=O)NN=Cc2ccc(OCc3ccccc3Cl)c(OC)c2)cc1. The molecule has 0 aliphatic heterocycles. The minimum absolute atomic E-state index is 0.0824. The van der Waals surface area contributed by atoms with Crippen LogP contribution in [0.4, 0.5) is 0 Å².